The number of piperidine rings is 2. The van der Waals surface area contributed by atoms with Crippen LogP contribution in [0.2, 0.25) is 0 Å². The summed E-state index contributed by atoms with van der Waals surface area (Å²) in [7, 11) is 1.71. The molecular formula is C23H31N5O5. The fourth-order valence-electron chi connectivity index (χ4n) is 4.98. The minimum atomic E-state index is -0.980. The van der Waals surface area contributed by atoms with Gasteiger partial charge in [0.2, 0.25) is 11.8 Å². The number of nitrogens with zero attached hydrogens (tertiary/aromatic N) is 3. The standard InChI is InChI=1S/C23H31N5O5/c1-26-19-14-16(3-2-15-8-11-27(12-9-15)13-10-24-22(31)32)4-5-17(19)28(23(26)33)18-6-7-20(29)25-21(18)30/h4-5,14-15,18,24H,2-3,6-13H2,1H3,(H,31,32)(H,25,29,30). The molecule has 0 bridgehead atoms. The van der Waals surface area contributed by atoms with E-state index in [1.165, 1.54) is 4.57 Å². The van der Waals surface area contributed by atoms with E-state index >= 15 is 0 Å². The number of imide groups is 1. The van der Waals surface area contributed by atoms with Gasteiger partial charge in [-0.15, -0.1) is 0 Å². The Bertz CT molecular complexity index is 1110. The maximum atomic E-state index is 12.9. The van der Waals surface area contributed by atoms with E-state index in [4.69, 9.17) is 5.11 Å². The summed E-state index contributed by atoms with van der Waals surface area (Å²) in [4.78, 5) is 49.6. The number of benzene rings is 1. The molecule has 2 aliphatic rings. The molecule has 4 rings (SSSR count). The van der Waals surface area contributed by atoms with Crippen molar-refractivity contribution in [3.8, 4) is 0 Å². The zero-order valence-electron chi connectivity index (χ0n) is 18.9. The zero-order valence-corrected chi connectivity index (χ0v) is 18.9. The van der Waals surface area contributed by atoms with Crippen molar-refractivity contribution in [1.82, 2.24) is 24.7 Å². The number of aromatic nitrogens is 2. The summed E-state index contributed by atoms with van der Waals surface area (Å²) in [5.74, 6) is -0.0918. The molecule has 1 unspecified atom stereocenters. The topological polar surface area (TPSA) is 126 Å². The van der Waals surface area contributed by atoms with Crippen LogP contribution in [0.1, 0.15) is 43.7 Å². The number of hydrogen-bond donors (Lipinski definition) is 3. The first-order valence-electron chi connectivity index (χ1n) is 11.6. The van der Waals surface area contributed by atoms with Gasteiger partial charge in [-0.25, -0.2) is 9.59 Å². The van der Waals surface area contributed by atoms with Crippen LogP contribution >= 0.6 is 0 Å². The Hall–Kier alpha value is -3.14. The van der Waals surface area contributed by atoms with E-state index in [1.807, 2.05) is 18.2 Å². The Morgan fingerprint density at radius 3 is 2.61 bits per heavy atom. The zero-order chi connectivity index (χ0) is 23.5. The van der Waals surface area contributed by atoms with Gasteiger partial charge in [0.15, 0.2) is 0 Å². The molecule has 1 aromatic carbocycles. The fraction of sp³-hybridized carbons (Fsp3) is 0.565. The van der Waals surface area contributed by atoms with Gasteiger partial charge in [0, 0.05) is 26.6 Å². The van der Waals surface area contributed by atoms with Crippen molar-refractivity contribution in [3.05, 3.63) is 34.2 Å². The van der Waals surface area contributed by atoms with Gasteiger partial charge in [-0.2, -0.15) is 0 Å². The van der Waals surface area contributed by atoms with Crippen molar-refractivity contribution in [2.24, 2.45) is 13.0 Å². The highest BCUT2D eigenvalue weighted by Crippen LogP contribution is 2.26. The lowest BCUT2D eigenvalue weighted by atomic mass is 9.90. The molecule has 0 spiro atoms. The van der Waals surface area contributed by atoms with Gasteiger partial charge in [0.25, 0.3) is 0 Å². The quantitative estimate of drug-likeness (QED) is 0.537. The molecule has 0 radical (unpaired) electrons. The third kappa shape index (κ3) is 5.11. The molecule has 1 atom stereocenters. The second-order valence-corrected chi connectivity index (χ2v) is 9.06. The van der Waals surface area contributed by atoms with Gasteiger partial charge in [-0.1, -0.05) is 6.07 Å². The molecule has 2 aromatic rings. The first-order chi connectivity index (χ1) is 15.8. The number of aryl methyl sites for hydroxylation is 2. The van der Waals surface area contributed by atoms with Crippen LogP contribution in [0.5, 0.6) is 0 Å². The minimum absolute atomic E-state index is 0.228. The number of carbonyl (C=O) groups is 3. The number of amides is 3. The van der Waals surface area contributed by atoms with Gasteiger partial charge < -0.3 is 15.3 Å². The van der Waals surface area contributed by atoms with Crippen LogP contribution in [0.4, 0.5) is 4.79 Å². The Balaban J connectivity index is 1.38. The predicted molar refractivity (Wildman–Crippen MR) is 122 cm³/mol. The Kier molecular flexibility index (Phi) is 6.83. The second-order valence-electron chi connectivity index (χ2n) is 9.06. The Morgan fingerprint density at radius 1 is 1.15 bits per heavy atom. The SMILES string of the molecule is Cn1c(=O)n(C2CCC(=O)NC2=O)c2ccc(CCC3CCN(CCNC(=O)O)CC3)cc21. The fourth-order valence-corrected chi connectivity index (χ4v) is 4.98. The molecule has 3 heterocycles. The molecule has 178 valence electrons. The molecule has 0 saturated carbocycles. The molecule has 10 nitrogen and oxygen atoms in total. The number of rotatable bonds is 7. The van der Waals surface area contributed by atoms with Crippen molar-refractivity contribution < 1.29 is 19.5 Å². The van der Waals surface area contributed by atoms with E-state index in [-0.39, 0.29) is 18.0 Å². The molecule has 3 N–H and O–H groups in total. The van der Waals surface area contributed by atoms with Gasteiger partial charge in [0.05, 0.1) is 11.0 Å². The maximum absolute atomic E-state index is 12.9. The molecule has 0 aliphatic carbocycles. The first-order valence-corrected chi connectivity index (χ1v) is 11.6. The lowest BCUT2D eigenvalue weighted by molar-refractivity contribution is -0.135. The molecule has 2 fully saturated rings. The monoisotopic (exact) mass is 457 g/mol. The minimum Gasteiger partial charge on any atom is -0.465 e. The summed E-state index contributed by atoms with van der Waals surface area (Å²) in [5, 5.41) is 13.4. The number of likely N-dealkylation sites (tertiary alicyclic amines) is 1. The smallest absolute Gasteiger partial charge is 0.404 e. The number of hydrogen-bond acceptors (Lipinski definition) is 5. The van der Waals surface area contributed by atoms with Crippen LogP contribution < -0.4 is 16.3 Å². The third-order valence-electron chi connectivity index (χ3n) is 6.93. The summed E-state index contributed by atoms with van der Waals surface area (Å²) in [6.45, 7) is 3.16. The predicted octanol–water partition coefficient (Wildman–Crippen LogP) is 1.23. The van der Waals surface area contributed by atoms with Crippen molar-refractivity contribution in [2.45, 2.75) is 44.6 Å². The van der Waals surface area contributed by atoms with Crippen molar-refractivity contribution in [1.29, 1.82) is 0 Å². The van der Waals surface area contributed by atoms with Crippen LogP contribution in [0.25, 0.3) is 11.0 Å². The van der Waals surface area contributed by atoms with Crippen LogP contribution in [-0.2, 0) is 23.1 Å². The van der Waals surface area contributed by atoms with Crippen LogP contribution in [-0.4, -0.2) is 63.2 Å². The van der Waals surface area contributed by atoms with Crippen LogP contribution in [0.15, 0.2) is 23.0 Å². The summed E-state index contributed by atoms with van der Waals surface area (Å²) >= 11 is 0. The Morgan fingerprint density at radius 2 is 1.91 bits per heavy atom. The Labute approximate surface area is 191 Å². The van der Waals surface area contributed by atoms with Crippen LogP contribution in [0.3, 0.4) is 0 Å². The molecule has 1 aromatic heterocycles. The number of fused-ring (bicyclic) bond motifs is 1. The van der Waals surface area contributed by atoms with E-state index in [0.717, 1.165) is 56.4 Å². The number of carbonyl (C=O) groups excluding carboxylic acids is 2. The first kappa shape index (κ1) is 23.0. The maximum Gasteiger partial charge on any atom is 0.404 e. The number of nitrogens with one attached hydrogen (secondary N) is 2. The largest absolute Gasteiger partial charge is 0.465 e. The molecule has 2 aliphatic heterocycles. The van der Waals surface area contributed by atoms with Gasteiger partial charge in [-0.3, -0.25) is 24.0 Å². The molecule has 10 heteroatoms. The van der Waals surface area contributed by atoms with Crippen molar-refractivity contribution in [2.75, 3.05) is 26.2 Å². The van der Waals surface area contributed by atoms with Crippen LogP contribution in [0, 0.1) is 5.92 Å². The highest BCUT2D eigenvalue weighted by molar-refractivity contribution is 6.00. The number of imidazole rings is 1. The van der Waals surface area contributed by atoms with Crippen molar-refractivity contribution in [3.63, 3.8) is 0 Å². The summed E-state index contributed by atoms with van der Waals surface area (Å²) < 4.78 is 3.09. The molecule has 2 saturated heterocycles. The lowest BCUT2D eigenvalue weighted by Crippen LogP contribution is -2.44. The molecule has 33 heavy (non-hydrogen) atoms. The van der Waals surface area contributed by atoms with E-state index in [9.17, 15) is 19.2 Å². The normalized spacial score (nSPS) is 20.2. The van der Waals surface area contributed by atoms with Gasteiger partial charge in [-0.05, 0) is 68.8 Å². The molecular weight excluding hydrogens is 426 g/mol. The highest BCUT2D eigenvalue weighted by Gasteiger charge is 2.31. The summed E-state index contributed by atoms with van der Waals surface area (Å²) in [5.41, 5.74) is 2.42. The average molecular weight is 458 g/mol. The molecule has 3 amide bonds. The average Bonchev–Trinajstić information content (AvgIpc) is 3.03. The van der Waals surface area contributed by atoms with Crippen molar-refractivity contribution >= 4 is 28.9 Å². The lowest BCUT2D eigenvalue weighted by Gasteiger charge is -2.31. The van der Waals surface area contributed by atoms with Gasteiger partial charge in [0.1, 0.15) is 6.04 Å². The summed E-state index contributed by atoms with van der Waals surface area (Å²) in [6.07, 6.45) is 3.75. The van der Waals surface area contributed by atoms with E-state index in [1.54, 1.807) is 11.6 Å². The van der Waals surface area contributed by atoms with Gasteiger partial charge >= 0.3 is 11.8 Å². The van der Waals surface area contributed by atoms with E-state index in [2.05, 4.69) is 15.5 Å². The second kappa shape index (κ2) is 9.78. The van der Waals surface area contributed by atoms with E-state index < -0.39 is 18.0 Å². The summed E-state index contributed by atoms with van der Waals surface area (Å²) in [6, 6.07) is 5.30. The third-order valence-corrected chi connectivity index (χ3v) is 6.93. The number of carboxylic acid groups (broad SMARTS) is 1. The highest BCUT2D eigenvalue weighted by atomic mass is 16.4. The van der Waals surface area contributed by atoms with E-state index in [0.29, 0.717) is 24.4 Å².